The van der Waals surface area contributed by atoms with E-state index in [1.165, 1.54) is 23.9 Å². The number of carbonyl (C=O) groups excluding carboxylic acids is 1. The van der Waals surface area contributed by atoms with E-state index in [4.69, 9.17) is 4.74 Å². The number of fused-ring (bicyclic) bond motifs is 1. The fourth-order valence-corrected chi connectivity index (χ4v) is 7.50. The summed E-state index contributed by atoms with van der Waals surface area (Å²) in [7, 11) is -3.09. The maximum atomic E-state index is 13.2. The molecule has 3 saturated heterocycles. The van der Waals surface area contributed by atoms with Crippen LogP contribution in [0.1, 0.15) is 18.4 Å². The van der Waals surface area contributed by atoms with Crippen LogP contribution >= 0.6 is 11.8 Å². The van der Waals surface area contributed by atoms with E-state index in [0.717, 1.165) is 12.0 Å². The zero-order chi connectivity index (χ0) is 18.3. The highest BCUT2D eigenvalue weighted by molar-refractivity contribution is 8.15. The highest BCUT2D eigenvalue weighted by Crippen LogP contribution is 2.39. The van der Waals surface area contributed by atoms with Gasteiger partial charge in [0.25, 0.3) is 5.91 Å². The topological polar surface area (TPSA) is 76.0 Å². The predicted molar refractivity (Wildman–Crippen MR) is 97.2 cm³/mol. The van der Waals surface area contributed by atoms with Crippen LogP contribution in [-0.4, -0.2) is 59.9 Å². The van der Waals surface area contributed by atoms with Gasteiger partial charge in [0.15, 0.2) is 15.0 Å². The summed E-state index contributed by atoms with van der Waals surface area (Å²) < 4.78 is 42.6. The average molecular weight is 398 g/mol. The van der Waals surface area contributed by atoms with Crippen LogP contribution in [0.15, 0.2) is 29.3 Å². The van der Waals surface area contributed by atoms with Crippen LogP contribution in [0.5, 0.6) is 0 Å². The molecule has 0 aromatic heterocycles. The quantitative estimate of drug-likeness (QED) is 0.770. The maximum Gasteiger partial charge on any atom is 0.277 e. The van der Waals surface area contributed by atoms with Crippen LogP contribution in [0, 0.1) is 5.82 Å². The van der Waals surface area contributed by atoms with Gasteiger partial charge in [-0.25, -0.2) is 12.8 Å². The number of halogens is 1. The molecule has 3 aliphatic heterocycles. The van der Waals surface area contributed by atoms with Crippen molar-refractivity contribution in [2.45, 2.75) is 36.8 Å². The summed E-state index contributed by atoms with van der Waals surface area (Å²) in [6, 6.07) is 5.85. The smallest absolute Gasteiger partial charge is 0.277 e. The second kappa shape index (κ2) is 6.94. The average Bonchev–Trinajstić information content (AvgIpc) is 3.27. The second-order valence-corrected chi connectivity index (χ2v) is 10.1. The molecule has 0 bridgehead atoms. The van der Waals surface area contributed by atoms with Gasteiger partial charge in [-0.05, 0) is 30.5 Å². The monoisotopic (exact) mass is 398 g/mol. The highest BCUT2D eigenvalue weighted by Gasteiger charge is 2.48. The third kappa shape index (κ3) is 3.65. The van der Waals surface area contributed by atoms with E-state index in [0.29, 0.717) is 24.7 Å². The fourth-order valence-electron chi connectivity index (χ4n) is 3.55. The van der Waals surface area contributed by atoms with Crippen molar-refractivity contribution in [3.63, 3.8) is 0 Å². The van der Waals surface area contributed by atoms with Crippen molar-refractivity contribution in [2.24, 2.45) is 4.99 Å². The SMILES string of the molecule is O=C(N=C1S[C@H]2CS(=O)(=O)C[C@H]2N1Cc1ccc(F)cc1)[C@@H]1CCCO1. The van der Waals surface area contributed by atoms with Gasteiger partial charge < -0.3 is 9.64 Å². The minimum Gasteiger partial charge on any atom is -0.368 e. The molecule has 0 unspecified atom stereocenters. The van der Waals surface area contributed by atoms with Gasteiger partial charge in [0.2, 0.25) is 0 Å². The van der Waals surface area contributed by atoms with E-state index >= 15 is 0 Å². The molecule has 0 N–H and O–H groups in total. The van der Waals surface area contributed by atoms with Gasteiger partial charge in [0, 0.05) is 18.4 Å². The van der Waals surface area contributed by atoms with Gasteiger partial charge in [-0.1, -0.05) is 23.9 Å². The summed E-state index contributed by atoms with van der Waals surface area (Å²) >= 11 is 1.35. The molecule has 3 fully saturated rings. The summed E-state index contributed by atoms with van der Waals surface area (Å²) in [4.78, 5) is 18.5. The highest BCUT2D eigenvalue weighted by atomic mass is 32.2. The lowest BCUT2D eigenvalue weighted by Gasteiger charge is -2.24. The van der Waals surface area contributed by atoms with E-state index in [1.807, 2.05) is 4.90 Å². The summed E-state index contributed by atoms with van der Waals surface area (Å²) in [5, 5.41) is 0.413. The number of hydrogen-bond donors (Lipinski definition) is 0. The molecule has 26 heavy (non-hydrogen) atoms. The molecule has 3 heterocycles. The molecule has 0 saturated carbocycles. The molecule has 3 aliphatic rings. The van der Waals surface area contributed by atoms with Crippen molar-refractivity contribution in [3.05, 3.63) is 35.6 Å². The van der Waals surface area contributed by atoms with Crippen molar-refractivity contribution >= 4 is 32.7 Å². The fraction of sp³-hybridized carbons (Fsp3) is 0.529. The number of rotatable bonds is 3. The van der Waals surface area contributed by atoms with E-state index in [-0.39, 0.29) is 34.5 Å². The van der Waals surface area contributed by atoms with Crippen LogP contribution in [0.3, 0.4) is 0 Å². The number of amidine groups is 1. The molecule has 1 amide bonds. The number of aliphatic imine (C=N–C) groups is 1. The summed E-state index contributed by atoms with van der Waals surface area (Å²) in [5.41, 5.74) is 0.842. The Morgan fingerprint density at radius 3 is 2.77 bits per heavy atom. The summed E-state index contributed by atoms with van der Waals surface area (Å²) in [6.07, 6.45) is 1.01. The Balaban J connectivity index is 1.59. The van der Waals surface area contributed by atoms with Crippen molar-refractivity contribution in [2.75, 3.05) is 18.1 Å². The molecule has 4 rings (SSSR count). The van der Waals surface area contributed by atoms with Crippen LogP contribution in [0.25, 0.3) is 0 Å². The van der Waals surface area contributed by atoms with Crippen molar-refractivity contribution in [1.82, 2.24) is 4.90 Å². The van der Waals surface area contributed by atoms with Gasteiger partial charge >= 0.3 is 0 Å². The molecule has 0 aliphatic carbocycles. The first kappa shape index (κ1) is 17.9. The lowest BCUT2D eigenvalue weighted by molar-refractivity contribution is -0.126. The number of benzene rings is 1. The molecule has 3 atom stereocenters. The van der Waals surface area contributed by atoms with Gasteiger partial charge in [-0.3, -0.25) is 4.79 Å². The zero-order valence-corrected chi connectivity index (χ0v) is 15.6. The number of ether oxygens (including phenoxy) is 1. The molecular weight excluding hydrogens is 379 g/mol. The molecule has 0 radical (unpaired) electrons. The Bertz CT molecular complexity index is 835. The Kier molecular flexibility index (Phi) is 4.79. The van der Waals surface area contributed by atoms with Crippen LogP contribution in [-0.2, 0) is 25.9 Å². The van der Waals surface area contributed by atoms with Gasteiger partial charge in [0.1, 0.15) is 11.9 Å². The minimum atomic E-state index is -3.09. The molecule has 1 aromatic carbocycles. The molecular formula is C17H19FN2O4S2. The lowest BCUT2D eigenvalue weighted by Crippen LogP contribution is -2.37. The molecule has 6 nitrogen and oxygen atoms in total. The van der Waals surface area contributed by atoms with Crippen molar-refractivity contribution in [1.29, 1.82) is 0 Å². The largest absolute Gasteiger partial charge is 0.368 e. The van der Waals surface area contributed by atoms with Crippen LogP contribution < -0.4 is 0 Å². The van der Waals surface area contributed by atoms with Crippen LogP contribution in [0.2, 0.25) is 0 Å². The van der Waals surface area contributed by atoms with Crippen LogP contribution in [0.4, 0.5) is 4.39 Å². The maximum absolute atomic E-state index is 13.2. The van der Waals surface area contributed by atoms with E-state index < -0.39 is 15.9 Å². The molecule has 9 heteroatoms. The number of thioether (sulfide) groups is 1. The predicted octanol–water partition coefficient (Wildman–Crippen LogP) is 1.60. The van der Waals surface area contributed by atoms with Gasteiger partial charge in [-0.15, -0.1) is 0 Å². The van der Waals surface area contributed by atoms with Crippen molar-refractivity contribution in [3.8, 4) is 0 Å². The molecule has 1 aromatic rings. The normalized spacial score (nSPS) is 31.5. The Morgan fingerprint density at radius 2 is 2.08 bits per heavy atom. The first-order valence-corrected chi connectivity index (χ1v) is 11.2. The third-order valence-electron chi connectivity index (χ3n) is 4.85. The first-order chi connectivity index (χ1) is 12.4. The number of hydrogen-bond acceptors (Lipinski definition) is 5. The number of sulfone groups is 1. The van der Waals surface area contributed by atoms with Gasteiger partial charge in [0.05, 0.1) is 17.5 Å². The number of nitrogens with zero attached hydrogens (tertiary/aromatic N) is 2. The Labute approximate surface area is 155 Å². The van der Waals surface area contributed by atoms with Gasteiger partial charge in [-0.2, -0.15) is 4.99 Å². The number of carbonyl (C=O) groups is 1. The minimum absolute atomic E-state index is 0.0546. The van der Waals surface area contributed by atoms with E-state index in [9.17, 15) is 17.6 Å². The zero-order valence-electron chi connectivity index (χ0n) is 14.0. The second-order valence-electron chi connectivity index (χ2n) is 6.79. The van der Waals surface area contributed by atoms with E-state index in [2.05, 4.69) is 4.99 Å². The summed E-state index contributed by atoms with van der Waals surface area (Å²) in [6.45, 7) is 0.957. The standard InChI is InChI=1S/C17H19FN2O4S2/c18-12-5-3-11(4-6-12)8-20-13-9-26(22,23)10-15(13)25-17(20)19-16(21)14-2-1-7-24-14/h3-6,13-15H,1-2,7-10H2/t13-,14+,15+/m1/s1. The molecule has 0 spiro atoms. The number of amides is 1. The molecule has 140 valence electrons. The Hall–Kier alpha value is -1.45. The first-order valence-electron chi connectivity index (χ1n) is 8.53. The Morgan fingerprint density at radius 1 is 1.31 bits per heavy atom. The summed E-state index contributed by atoms with van der Waals surface area (Å²) in [5.74, 6) is -0.487. The van der Waals surface area contributed by atoms with E-state index in [1.54, 1.807) is 12.1 Å². The lowest BCUT2D eigenvalue weighted by atomic mass is 10.1. The van der Waals surface area contributed by atoms with Crippen molar-refractivity contribution < 1.29 is 22.3 Å². The third-order valence-corrected chi connectivity index (χ3v) is 8.10.